The number of thiophene rings is 1. The second-order valence-electron chi connectivity index (χ2n) is 6.54. The highest BCUT2D eigenvalue weighted by molar-refractivity contribution is 7.22. The van der Waals surface area contributed by atoms with Gasteiger partial charge in [0.05, 0.1) is 15.1 Å². The van der Waals surface area contributed by atoms with E-state index in [-0.39, 0.29) is 23.6 Å². The summed E-state index contributed by atoms with van der Waals surface area (Å²) in [5.74, 6) is -0.836. The second kappa shape index (κ2) is 8.49. The van der Waals surface area contributed by atoms with Gasteiger partial charge in [0.25, 0.3) is 5.91 Å². The number of carbonyl (C=O) groups is 3. The van der Waals surface area contributed by atoms with Gasteiger partial charge in [0, 0.05) is 12.6 Å². The molecule has 0 aliphatic carbocycles. The van der Waals surface area contributed by atoms with E-state index in [1.165, 1.54) is 29.6 Å². The van der Waals surface area contributed by atoms with E-state index in [0.29, 0.717) is 15.7 Å². The smallest absolute Gasteiger partial charge is 0.262 e. The molecule has 0 fully saturated rings. The Morgan fingerprint density at radius 2 is 1.89 bits per heavy atom. The average Bonchev–Trinajstić information content (AvgIpc) is 3.27. The summed E-state index contributed by atoms with van der Waals surface area (Å²) >= 11 is 2.63. The largest absolute Gasteiger partial charge is 0.339 e. The lowest BCUT2D eigenvalue weighted by Gasteiger charge is -2.20. The normalized spacial score (nSPS) is 12.0. The van der Waals surface area contributed by atoms with Crippen LogP contribution in [0.5, 0.6) is 0 Å². The quantitative estimate of drug-likeness (QED) is 0.570. The van der Waals surface area contributed by atoms with Crippen molar-refractivity contribution in [3.63, 3.8) is 0 Å². The Morgan fingerprint density at radius 3 is 2.54 bits per heavy atom. The number of aromatic nitrogens is 1. The first-order chi connectivity index (χ1) is 13.3. The molecule has 3 rings (SSSR count). The molecule has 2 aromatic heterocycles. The molecule has 1 unspecified atom stereocenters. The lowest BCUT2D eigenvalue weighted by molar-refractivity contribution is -0.119. The monoisotopic (exact) mass is 416 g/mol. The maximum Gasteiger partial charge on any atom is 0.262 e. The number of nitrogens with zero attached hydrogens (tertiary/aromatic N) is 1. The van der Waals surface area contributed by atoms with Gasteiger partial charge in [0.2, 0.25) is 11.8 Å². The number of rotatable bonds is 6. The molecule has 3 N–H and O–H groups in total. The van der Waals surface area contributed by atoms with Crippen molar-refractivity contribution in [1.82, 2.24) is 10.3 Å². The van der Waals surface area contributed by atoms with Crippen LogP contribution in [-0.2, 0) is 9.59 Å². The summed E-state index contributed by atoms with van der Waals surface area (Å²) in [6, 6.07) is 8.17. The van der Waals surface area contributed by atoms with Crippen LogP contribution in [0.25, 0.3) is 10.2 Å². The van der Waals surface area contributed by atoms with Crippen LogP contribution in [0.4, 0.5) is 10.8 Å². The van der Waals surface area contributed by atoms with Crippen molar-refractivity contribution in [2.75, 3.05) is 10.6 Å². The minimum atomic E-state index is -0.684. The minimum absolute atomic E-state index is 0.0929. The third kappa shape index (κ3) is 4.73. The number of fused-ring (bicyclic) bond motifs is 1. The van der Waals surface area contributed by atoms with Crippen molar-refractivity contribution in [1.29, 1.82) is 0 Å². The number of hydrogen-bond donors (Lipinski definition) is 3. The lowest BCUT2D eigenvalue weighted by Crippen LogP contribution is -2.46. The molecule has 28 heavy (non-hydrogen) atoms. The number of amides is 3. The fraction of sp³-hybridized carbons (Fsp3) is 0.263. The molecule has 2 heterocycles. The van der Waals surface area contributed by atoms with Crippen LogP contribution < -0.4 is 16.0 Å². The summed E-state index contributed by atoms with van der Waals surface area (Å²) in [4.78, 5) is 41.2. The van der Waals surface area contributed by atoms with Gasteiger partial charge in [-0.05, 0) is 35.6 Å². The summed E-state index contributed by atoms with van der Waals surface area (Å²) in [7, 11) is 0. The number of carbonyl (C=O) groups excluding carboxylic acids is 3. The fourth-order valence-corrected chi connectivity index (χ4v) is 4.13. The minimum Gasteiger partial charge on any atom is -0.339 e. The van der Waals surface area contributed by atoms with Gasteiger partial charge in [-0.15, -0.1) is 11.3 Å². The molecule has 0 bridgehead atoms. The number of benzene rings is 1. The average molecular weight is 417 g/mol. The fourth-order valence-electron chi connectivity index (χ4n) is 2.60. The first kappa shape index (κ1) is 20.0. The lowest BCUT2D eigenvalue weighted by atomic mass is 10.0. The van der Waals surface area contributed by atoms with Crippen molar-refractivity contribution < 1.29 is 14.4 Å². The van der Waals surface area contributed by atoms with Crippen LogP contribution in [0.15, 0.2) is 35.7 Å². The SMILES string of the molecule is CC(=O)Nc1ccc2nc(NC(=O)C(NC(=O)c3cccs3)C(C)C)sc2c1. The van der Waals surface area contributed by atoms with Crippen LogP contribution in [0, 0.1) is 5.92 Å². The van der Waals surface area contributed by atoms with E-state index < -0.39 is 6.04 Å². The van der Waals surface area contributed by atoms with E-state index >= 15 is 0 Å². The van der Waals surface area contributed by atoms with Crippen LogP contribution in [-0.4, -0.2) is 28.7 Å². The summed E-state index contributed by atoms with van der Waals surface area (Å²) in [5, 5.41) is 10.6. The molecular formula is C19H20N4O3S2. The molecule has 0 spiro atoms. The predicted octanol–water partition coefficient (Wildman–Crippen LogP) is 3.71. The maximum absolute atomic E-state index is 12.7. The van der Waals surface area contributed by atoms with Crippen molar-refractivity contribution in [2.24, 2.45) is 5.92 Å². The standard InChI is InChI=1S/C19H20N4O3S2/c1-10(2)16(22-17(25)14-5-4-8-27-14)18(26)23-19-21-13-7-6-12(20-11(3)24)9-15(13)28-19/h4-10,16H,1-3H3,(H,20,24)(H,22,25)(H,21,23,26). The Balaban J connectivity index is 1.74. The molecule has 0 aliphatic rings. The van der Waals surface area contributed by atoms with Crippen molar-refractivity contribution >= 4 is 61.4 Å². The van der Waals surface area contributed by atoms with E-state index in [1.807, 2.05) is 25.3 Å². The molecule has 3 amide bonds. The van der Waals surface area contributed by atoms with Gasteiger partial charge in [-0.3, -0.25) is 14.4 Å². The number of nitrogens with one attached hydrogen (secondary N) is 3. The molecule has 3 aromatic rings. The topological polar surface area (TPSA) is 100 Å². The number of thiazole rings is 1. The Bertz CT molecular complexity index is 1010. The molecule has 1 aromatic carbocycles. The van der Waals surface area contributed by atoms with Crippen LogP contribution in [0.2, 0.25) is 0 Å². The molecule has 0 saturated heterocycles. The molecule has 0 aliphatic heterocycles. The summed E-state index contributed by atoms with van der Waals surface area (Å²) in [6.07, 6.45) is 0. The van der Waals surface area contributed by atoms with Gasteiger partial charge in [0.1, 0.15) is 6.04 Å². The Labute approximate surface area is 170 Å². The van der Waals surface area contributed by atoms with Crippen molar-refractivity contribution in [3.8, 4) is 0 Å². The van der Waals surface area contributed by atoms with Gasteiger partial charge in [-0.2, -0.15) is 0 Å². The molecule has 9 heteroatoms. The number of hydrogen-bond acceptors (Lipinski definition) is 6. The summed E-state index contributed by atoms with van der Waals surface area (Å²) in [5.41, 5.74) is 1.39. The zero-order valence-corrected chi connectivity index (χ0v) is 17.2. The van der Waals surface area contributed by atoms with E-state index in [1.54, 1.807) is 24.3 Å². The highest BCUT2D eigenvalue weighted by Crippen LogP contribution is 2.28. The Kier molecular flexibility index (Phi) is 6.05. The van der Waals surface area contributed by atoms with Crippen LogP contribution in [0.3, 0.4) is 0 Å². The maximum atomic E-state index is 12.7. The van der Waals surface area contributed by atoms with Gasteiger partial charge in [0.15, 0.2) is 5.13 Å². The molecule has 1 atom stereocenters. The second-order valence-corrected chi connectivity index (χ2v) is 8.52. The van der Waals surface area contributed by atoms with E-state index in [0.717, 1.165) is 10.2 Å². The van der Waals surface area contributed by atoms with Gasteiger partial charge in [-0.1, -0.05) is 31.3 Å². The Morgan fingerprint density at radius 1 is 1.11 bits per heavy atom. The number of anilines is 2. The van der Waals surface area contributed by atoms with E-state index in [9.17, 15) is 14.4 Å². The van der Waals surface area contributed by atoms with Gasteiger partial charge in [-0.25, -0.2) is 4.98 Å². The highest BCUT2D eigenvalue weighted by atomic mass is 32.1. The van der Waals surface area contributed by atoms with Gasteiger partial charge < -0.3 is 16.0 Å². The summed E-state index contributed by atoms with van der Waals surface area (Å²) < 4.78 is 0.838. The van der Waals surface area contributed by atoms with Crippen molar-refractivity contribution in [3.05, 3.63) is 40.6 Å². The zero-order valence-electron chi connectivity index (χ0n) is 15.6. The molecule has 0 radical (unpaired) electrons. The predicted molar refractivity (Wildman–Crippen MR) is 113 cm³/mol. The highest BCUT2D eigenvalue weighted by Gasteiger charge is 2.26. The first-order valence-electron chi connectivity index (χ1n) is 8.67. The first-order valence-corrected chi connectivity index (χ1v) is 10.4. The van der Waals surface area contributed by atoms with Crippen LogP contribution in [0.1, 0.15) is 30.4 Å². The molecule has 0 saturated carbocycles. The van der Waals surface area contributed by atoms with Crippen molar-refractivity contribution in [2.45, 2.75) is 26.8 Å². The molecule has 146 valence electrons. The van der Waals surface area contributed by atoms with E-state index in [4.69, 9.17) is 0 Å². The third-order valence-electron chi connectivity index (χ3n) is 3.92. The molecular weight excluding hydrogens is 396 g/mol. The summed E-state index contributed by atoms with van der Waals surface area (Å²) in [6.45, 7) is 5.19. The van der Waals surface area contributed by atoms with Crippen LogP contribution >= 0.6 is 22.7 Å². The van der Waals surface area contributed by atoms with Gasteiger partial charge >= 0.3 is 0 Å². The zero-order chi connectivity index (χ0) is 20.3. The van der Waals surface area contributed by atoms with E-state index in [2.05, 4.69) is 20.9 Å². The molecule has 7 nitrogen and oxygen atoms in total. The Hall–Kier alpha value is -2.78. The third-order valence-corrected chi connectivity index (χ3v) is 5.72.